The first-order valence-corrected chi connectivity index (χ1v) is 9.35. The summed E-state index contributed by atoms with van der Waals surface area (Å²) in [6.45, 7) is 5.19. The monoisotopic (exact) mass is 381 g/mol. The molecule has 6 nitrogen and oxygen atoms in total. The van der Waals surface area contributed by atoms with E-state index in [-0.39, 0.29) is 12.0 Å². The van der Waals surface area contributed by atoms with Gasteiger partial charge in [0.15, 0.2) is 23.4 Å². The summed E-state index contributed by atoms with van der Waals surface area (Å²) in [6, 6.07) is 13.1. The third kappa shape index (κ3) is 3.26. The molecule has 0 saturated heterocycles. The van der Waals surface area contributed by atoms with Crippen LogP contribution >= 0.6 is 0 Å². The van der Waals surface area contributed by atoms with Crippen LogP contribution < -0.4 is 14.2 Å². The van der Waals surface area contributed by atoms with E-state index in [1.807, 2.05) is 56.3 Å². The maximum atomic E-state index is 13.1. The topological polar surface area (TPSA) is 61.1 Å². The van der Waals surface area contributed by atoms with Crippen LogP contribution in [0.5, 0.6) is 17.2 Å². The number of hydrogen-bond donors (Lipinski definition) is 0. The van der Waals surface area contributed by atoms with Gasteiger partial charge in [0.05, 0.1) is 13.7 Å². The number of fused-ring (bicyclic) bond motifs is 2. The van der Waals surface area contributed by atoms with E-state index in [2.05, 4.69) is 0 Å². The zero-order valence-corrected chi connectivity index (χ0v) is 16.2. The Morgan fingerprint density at radius 1 is 1.21 bits per heavy atom. The third-order valence-corrected chi connectivity index (χ3v) is 5.00. The molecule has 0 bridgehead atoms. The van der Waals surface area contributed by atoms with Gasteiger partial charge in [0.25, 0.3) is 5.91 Å². The summed E-state index contributed by atoms with van der Waals surface area (Å²) in [5.74, 6) is 2.36. The predicted molar refractivity (Wildman–Crippen MR) is 105 cm³/mol. The Bertz CT molecular complexity index is 1010. The Hall–Kier alpha value is -3.15. The van der Waals surface area contributed by atoms with Crippen LogP contribution in [-0.4, -0.2) is 43.7 Å². The first-order chi connectivity index (χ1) is 13.6. The number of benzene rings is 2. The molecular weight excluding hydrogens is 358 g/mol. The van der Waals surface area contributed by atoms with Crippen molar-refractivity contribution >= 4 is 16.9 Å². The average Bonchev–Trinajstić information content (AvgIpc) is 3.07. The summed E-state index contributed by atoms with van der Waals surface area (Å²) in [4.78, 5) is 14.9. The van der Waals surface area contributed by atoms with Crippen LogP contribution in [0.3, 0.4) is 0 Å². The molecule has 3 aromatic rings. The second kappa shape index (κ2) is 7.46. The number of likely N-dealkylation sites (N-methyl/N-ethyl adjacent to an activating group) is 1. The van der Waals surface area contributed by atoms with Crippen molar-refractivity contribution in [1.82, 2.24) is 4.90 Å². The van der Waals surface area contributed by atoms with Crippen molar-refractivity contribution in [2.75, 3.05) is 26.8 Å². The molecule has 0 aliphatic carbocycles. The third-order valence-electron chi connectivity index (χ3n) is 5.00. The molecule has 0 radical (unpaired) electrons. The summed E-state index contributed by atoms with van der Waals surface area (Å²) in [6.07, 6.45) is -0.233. The molecule has 0 N–H and O–H groups in total. The van der Waals surface area contributed by atoms with Gasteiger partial charge in [-0.2, -0.15) is 0 Å². The first kappa shape index (κ1) is 18.2. The minimum atomic E-state index is -0.233. The van der Waals surface area contributed by atoms with Crippen molar-refractivity contribution in [2.24, 2.45) is 0 Å². The smallest absolute Gasteiger partial charge is 0.290 e. The fraction of sp³-hybridized carbons (Fsp3) is 0.318. The fourth-order valence-electron chi connectivity index (χ4n) is 3.43. The number of hydrogen-bond acceptors (Lipinski definition) is 5. The lowest BCUT2D eigenvalue weighted by molar-refractivity contribution is 0.0456. The Morgan fingerprint density at radius 2 is 2.00 bits per heavy atom. The molecule has 1 aliphatic rings. The first-order valence-electron chi connectivity index (χ1n) is 9.35. The van der Waals surface area contributed by atoms with E-state index < -0.39 is 0 Å². The van der Waals surface area contributed by atoms with Gasteiger partial charge in [-0.25, -0.2) is 0 Å². The molecule has 146 valence electrons. The number of carbonyl (C=O) groups is 1. The van der Waals surface area contributed by atoms with Gasteiger partial charge in [-0.05, 0) is 44.2 Å². The zero-order valence-electron chi connectivity index (χ0n) is 16.2. The van der Waals surface area contributed by atoms with Crippen molar-refractivity contribution in [3.05, 3.63) is 53.8 Å². The average molecular weight is 381 g/mol. The highest BCUT2D eigenvalue weighted by atomic mass is 16.6. The lowest BCUT2D eigenvalue weighted by Gasteiger charge is -2.30. The van der Waals surface area contributed by atoms with Crippen LogP contribution in [-0.2, 0) is 0 Å². The summed E-state index contributed by atoms with van der Waals surface area (Å²) in [5, 5.41) is 0.880. The van der Waals surface area contributed by atoms with E-state index in [4.69, 9.17) is 18.6 Å². The van der Waals surface area contributed by atoms with Crippen LogP contribution in [0.25, 0.3) is 11.0 Å². The molecule has 28 heavy (non-hydrogen) atoms. The zero-order chi connectivity index (χ0) is 19.7. The highest BCUT2D eigenvalue weighted by molar-refractivity contribution is 5.99. The van der Waals surface area contributed by atoms with Crippen LogP contribution in [0.15, 0.2) is 46.9 Å². The Labute approximate surface area is 163 Å². The highest BCUT2D eigenvalue weighted by Gasteiger charge is 2.28. The lowest BCUT2D eigenvalue weighted by atomic mass is 10.1. The minimum Gasteiger partial charge on any atom is -0.497 e. The number of furan rings is 1. The molecule has 0 fully saturated rings. The van der Waals surface area contributed by atoms with Crippen molar-refractivity contribution in [2.45, 2.75) is 20.0 Å². The number of aryl methyl sites for hydroxylation is 1. The molecule has 6 heteroatoms. The van der Waals surface area contributed by atoms with E-state index in [9.17, 15) is 4.79 Å². The molecule has 1 aliphatic heterocycles. The SMILES string of the molecule is CCN(C[C@@H]1COc2ccccc2O1)C(=O)c1oc2ccc(OC)cc2c1C. The lowest BCUT2D eigenvalue weighted by Crippen LogP contribution is -2.43. The molecule has 2 heterocycles. The summed E-state index contributed by atoms with van der Waals surface area (Å²) in [5.41, 5.74) is 1.48. The van der Waals surface area contributed by atoms with Gasteiger partial charge in [-0.15, -0.1) is 0 Å². The van der Waals surface area contributed by atoms with E-state index >= 15 is 0 Å². The van der Waals surface area contributed by atoms with Crippen molar-refractivity contribution in [3.8, 4) is 17.2 Å². The van der Waals surface area contributed by atoms with Gasteiger partial charge >= 0.3 is 0 Å². The Morgan fingerprint density at radius 3 is 2.75 bits per heavy atom. The van der Waals surface area contributed by atoms with Gasteiger partial charge < -0.3 is 23.5 Å². The van der Waals surface area contributed by atoms with Gasteiger partial charge in [0.1, 0.15) is 17.9 Å². The molecule has 1 amide bonds. The number of methoxy groups -OCH3 is 1. The summed E-state index contributed by atoms with van der Waals surface area (Å²) >= 11 is 0. The number of para-hydroxylation sites is 2. The van der Waals surface area contributed by atoms with Crippen molar-refractivity contribution in [3.63, 3.8) is 0 Å². The molecule has 1 atom stereocenters. The quantitative estimate of drug-likeness (QED) is 0.667. The van der Waals surface area contributed by atoms with E-state index in [0.717, 1.165) is 22.4 Å². The summed E-state index contributed by atoms with van der Waals surface area (Å²) < 4.78 is 22.9. The number of carbonyl (C=O) groups excluding carboxylic acids is 1. The van der Waals surface area contributed by atoms with E-state index in [0.29, 0.717) is 36.8 Å². The van der Waals surface area contributed by atoms with E-state index in [1.54, 1.807) is 12.0 Å². The van der Waals surface area contributed by atoms with Crippen LogP contribution in [0, 0.1) is 6.92 Å². The molecular formula is C22H23NO5. The van der Waals surface area contributed by atoms with Gasteiger partial charge in [0.2, 0.25) is 0 Å². The molecule has 0 saturated carbocycles. The van der Waals surface area contributed by atoms with Crippen LogP contribution in [0.2, 0.25) is 0 Å². The maximum absolute atomic E-state index is 13.1. The Kier molecular flexibility index (Phi) is 4.86. The van der Waals surface area contributed by atoms with Gasteiger partial charge in [0, 0.05) is 17.5 Å². The number of nitrogens with zero attached hydrogens (tertiary/aromatic N) is 1. The largest absolute Gasteiger partial charge is 0.497 e. The number of amides is 1. The van der Waals surface area contributed by atoms with E-state index in [1.165, 1.54) is 0 Å². The molecule has 2 aromatic carbocycles. The Balaban J connectivity index is 1.55. The number of rotatable bonds is 5. The van der Waals surface area contributed by atoms with Gasteiger partial charge in [-0.3, -0.25) is 4.79 Å². The normalized spacial score (nSPS) is 15.5. The minimum absolute atomic E-state index is 0.155. The van der Waals surface area contributed by atoms with Crippen molar-refractivity contribution < 1.29 is 23.4 Å². The molecule has 4 rings (SSSR count). The fourth-order valence-corrected chi connectivity index (χ4v) is 3.43. The standard InChI is InChI=1S/C22H23NO5/c1-4-23(12-16-13-26-19-7-5-6-8-20(19)27-16)22(24)21-14(2)17-11-15(25-3)9-10-18(17)28-21/h5-11,16H,4,12-13H2,1-3H3/t16-/m1/s1. The second-order valence-electron chi connectivity index (χ2n) is 6.76. The van der Waals surface area contributed by atoms with Gasteiger partial charge in [-0.1, -0.05) is 12.1 Å². The van der Waals surface area contributed by atoms with Crippen LogP contribution in [0.1, 0.15) is 23.0 Å². The molecule has 0 spiro atoms. The molecule has 0 unspecified atom stereocenters. The summed E-state index contributed by atoms with van der Waals surface area (Å²) in [7, 11) is 1.62. The molecule has 1 aromatic heterocycles. The number of ether oxygens (including phenoxy) is 3. The van der Waals surface area contributed by atoms with Crippen LogP contribution in [0.4, 0.5) is 0 Å². The maximum Gasteiger partial charge on any atom is 0.290 e. The highest BCUT2D eigenvalue weighted by Crippen LogP contribution is 2.32. The van der Waals surface area contributed by atoms with Crippen molar-refractivity contribution in [1.29, 1.82) is 0 Å². The predicted octanol–water partition coefficient (Wildman–Crippen LogP) is 4.05. The second-order valence-corrected chi connectivity index (χ2v) is 6.76.